The predicted molar refractivity (Wildman–Crippen MR) is 128 cm³/mol. The Morgan fingerprint density at radius 1 is 1.00 bits per heavy atom. The summed E-state index contributed by atoms with van der Waals surface area (Å²) >= 11 is 0. The normalized spacial score (nSPS) is 14.4. The zero-order chi connectivity index (χ0) is 23.0. The molecule has 1 aliphatic rings. The van der Waals surface area contributed by atoms with E-state index in [0.29, 0.717) is 17.0 Å². The molecule has 2 heterocycles. The van der Waals surface area contributed by atoms with E-state index in [1.54, 1.807) is 43.5 Å². The lowest BCUT2D eigenvalue weighted by Crippen LogP contribution is -2.36. The molecule has 1 atom stereocenters. The number of anilines is 3. The Labute approximate surface area is 192 Å². The molecule has 4 rings (SSSR count). The van der Waals surface area contributed by atoms with Gasteiger partial charge in [0.25, 0.3) is 5.91 Å². The van der Waals surface area contributed by atoms with E-state index in [0.717, 1.165) is 37.7 Å². The third kappa shape index (κ3) is 5.93. The molecule has 3 aromatic rings. The van der Waals surface area contributed by atoms with Crippen molar-refractivity contribution in [3.8, 4) is 0 Å². The molecule has 0 spiro atoms. The van der Waals surface area contributed by atoms with Crippen molar-refractivity contribution in [3.05, 3.63) is 78.3 Å². The second-order valence-electron chi connectivity index (χ2n) is 7.81. The summed E-state index contributed by atoms with van der Waals surface area (Å²) in [4.78, 5) is 27.7. The number of nitrogens with zero attached hydrogens (tertiary/aromatic N) is 1. The number of carbonyl (C=O) groups excluding carboxylic acids is 2. The second kappa shape index (κ2) is 10.7. The molecule has 0 unspecified atom stereocenters. The highest BCUT2D eigenvalue weighted by Crippen LogP contribution is 2.20. The molecule has 0 saturated carbocycles. The van der Waals surface area contributed by atoms with Gasteiger partial charge in [-0.25, -0.2) is 0 Å². The summed E-state index contributed by atoms with van der Waals surface area (Å²) in [5, 5.41) is 8.91. The van der Waals surface area contributed by atoms with Gasteiger partial charge in [0.1, 0.15) is 11.8 Å². The van der Waals surface area contributed by atoms with E-state index in [1.165, 1.54) is 0 Å². The minimum atomic E-state index is -0.553. The molecule has 8 heteroatoms. The van der Waals surface area contributed by atoms with E-state index in [9.17, 15) is 9.59 Å². The van der Waals surface area contributed by atoms with E-state index in [2.05, 4.69) is 20.9 Å². The topological polar surface area (TPSA) is 95.8 Å². The average Bonchev–Trinajstić information content (AvgIpc) is 3.38. The SMILES string of the molecule is C[C@H](Nc1ccccc1C(=O)NCc1ccco1)C(=O)Nc1ccc(N2CCOCC2)cc1. The van der Waals surface area contributed by atoms with Crippen LogP contribution in [0.4, 0.5) is 17.1 Å². The molecule has 33 heavy (non-hydrogen) atoms. The third-order valence-corrected chi connectivity index (χ3v) is 5.45. The van der Waals surface area contributed by atoms with Crippen LogP contribution in [-0.2, 0) is 16.1 Å². The Hall–Kier alpha value is -3.78. The Bertz CT molecular complexity index is 1060. The Morgan fingerprint density at radius 3 is 2.48 bits per heavy atom. The fourth-order valence-electron chi connectivity index (χ4n) is 3.61. The molecule has 1 fully saturated rings. The minimum Gasteiger partial charge on any atom is -0.467 e. The van der Waals surface area contributed by atoms with Crippen molar-refractivity contribution in [2.75, 3.05) is 41.8 Å². The zero-order valence-corrected chi connectivity index (χ0v) is 18.5. The van der Waals surface area contributed by atoms with Crippen LogP contribution in [0.2, 0.25) is 0 Å². The Morgan fingerprint density at radius 2 is 1.76 bits per heavy atom. The standard InChI is InChI=1S/C25H28N4O4/c1-18(24(30)28-19-8-10-20(11-9-19)29-12-15-32-16-13-29)27-23-7-3-2-6-22(23)25(31)26-17-21-5-4-14-33-21/h2-11,14,18,27H,12-13,15-17H2,1H3,(H,26,31)(H,28,30)/t18-/m0/s1. The van der Waals surface area contributed by atoms with E-state index < -0.39 is 6.04 Å². The van der Waals surface area contributed by atoms with Crippen LogP contribution in [-0.4, -0.2) is 44.2 Å². The number of carbonyl (C=O) groups is 2. The number of benzene rings is 2. The van der Waals surface area contributed by atoms with Crippen LogP contribution in [0.5, 0.6) is 0 Å². The Balaban J connectivity index is 1.34. The maximum atomic E-state index is 12.8. The van der Waals surface area contributed by atoms with Crippen LogP contribution in [0.15, 0.2) is 71.3 Å². The van der Waals surface area contributed by atoms with Gasteiger partial charge < -0.3 is 30.0 Å². The smallest absolute Gasteiger partial charge is 0.253 e. The van der Waals surface area contributed by atoms with Crippen LogP contribution in [0, 0.1) is 0 Å². The second-order valence-corrected chi connectivity index (χ2v) is 7.81. The molecule has 1 aromatic heterocycles. The van der Waals surface area contributed by atoms with Gasteiger partial charge in [0.05, 0.1) is 31.6 Å². The first kappa shape index (κ1) is 22.4. The molecule has 3 N–H and O–H groups in total. The number of amides is 2. The van der Waals surface area contributed by atoms with Gasteiger partial charge in [0.2, 0.25) is 5.91 Å². The summed E-state index contributed by atoms with van der Waals surface area (Å²) in [6.45, 7) is 5.22. The van der Waals surface area contributed by atoms with E-state index in [-0.39, 0.29) is 18.4 Å². The fraction of sp³-hybridized carbons (Fsp3) is 0.280. The van der Waals surface area contributed by atoms with Gasteiger partial charge in [-0.05, 0) is 55.5 Å². The molecule has 1 aliphatic heterocycles. The third-order valence-electron chi connectivity index (χ3n) is 5.45. The van der Waals surface area contributed by atoms with Crippen molar-refractivity contribution in [1.82, 2.24) is 5.32 Å². The number of furan rings is 1. The summed E-state index contributed by atoms with van der Waals surface area (Å²) < 4.78 is 10.6. The number of hydrogen-bond acceptors (Lipinski definition) is 6. The summed E-state index contributed by atoms with van der Waals surface area (Å²) in [5.74, 6) is 0.224. The highest BCUT2D eigenvalue weighted by molar-refractivity contribution is 6.01. The summed E-state index contributed by atoms with van der Waals surface area (Å²) in [5.41, 5.74) is 2.87. The number of rotatable bonds is 8. The van der Waals surface area contributed by atoms with Crippen molar-refractivity contribution in [3.63, 3.8) is 0 Å². The number of ether oxygens (including phenoxy) is 1. The van der Waals surface area contributed by atoms with Crippen molar-refractivity contribution in [1.29, 1.82) is 0 Å². The Kier molecular flexibility index (Phi) is 7.26. The maximum absolute atomic E-state index is 12.8. The van der Waals surface area contributed by atoms with Gasteiger partial charge in [-0.3, -0.25) is 9.59 Å². The zero-order valence-electron chi connectivity index (χ0n) is 18.5. The van der Waals surface area contributed by atoms with Gasteiger partial charge in [-0.15, -0.1) is 0 Å². The molecule has 0 radical (unpaired) electrons. The van der Waals surface area contributed by atoms with Crippen molar-refractivity contribution < 1.29 is 18.7 Å². The molecule has 1 saturated heterocycles. The molecule has 172 valence electrons. The predicted octanol–water partition coefficient (Wildman–Crippen LogP) is 3.49. The molecule has 0 bridgehead atoms. The lowest BCUT2D eigenvalue weighted by atomic mass is 10.1. The monoisotopic (exact) mass is 448 g/mol. The first-order valence-corrected chi connectivity index (χ1v) is 11.0. The van der Waals surface area contributed by atoms with Crippen LogP contribution in [0.1, 0.15) is 23.0 Å². The van der Waals surface area contributed by atoms with Crippen molar-refractivity contribution in [2.45, 2.75) is 19.5 Å². The van der Waals surface area contributed by atoms with E-state index in [1.807, 2.05) is 30.3 Å². The minimum absolute atomic E-state index is 0.195. The summed E-state index contributed by atoms with van der Waals surface area (Å²) in [6.07, 6.45) is 1.56. The molecule has 2 aromatic carbocycles. The largest absolute Gasteiger partial charge is 0.467 e. The molecule has 8 nitrogen and oxygen atoms in total. The fourth-order valence-corrected chi connectivity index (χ4v) is 3.61. The number of hydrogen-bond donors (Lipinski definition) is 3. The van der Waals surface area contributed by atoms with Gasteiger partial charge in [-0.2, -0.15) is 0 Å². The van der Waals surface area contributed by atoms with Gasteiger partial charge >= 0.3 is 0 Å². The summed E-state index contributed by atoms with van der Waals surface area (Å²) in [6, 6.07) is 17.9. The quantitative estimate of drug-likeness (QED) is 0.488. The number of para-hydroxylation sites is 1. The first-order valence-electron chi connectivity index (χ1n) is 11.0. The lowest BCUT2D eigenvalue weighted by Gasteiger charge is -2.29. The molecular formula is C25H28N4O4. The van der Waals surface area contributed by atoms with Gasteiger partial charge in [0.15, 0.2) is 0 Å². The van der Waals surface area contributed by atoms with Crippen LogP contribution in [0.25, 0.3) is 0 Å². The average molecular weight is 449 g/mol. The molecule has 2 amide bonds. The number of morpholine rings is 1. The number of nitrogens with one attached hydrogen (secondary N) is 3. The molecular weight excluding hydrogens is 420 g/mol. The summed E-state index contributed by atoms with van der Waals surface area (Å²) in [7, 11) is 0. The van der Waals surface area contributed by atoms with Gasteiger partial charge in [0, 0.05) is 30.2 Å². The van der Waals surface area contributed by atoms with E-state index >= 15 is 0 Å². The van der Waals surface area contributed by atoms with Crippen LogP contribution in [0.3, 0.4) is 0 Å². The van der Waals surface area contributed by atoms with Gasteiger partial charge in [-0.1, -0.05) is 12.1 Å². The highest BCUT2D eigenvalue weighted by Gasteiger charge is 2.18. The van der Waals surface area contributed by atoms with E-state index in [4.69, 9.17) is 9.15 Å². The first-order chi connectivity index (χ1) is 16.1. The van der Waals surface area contributed by atoms with Crippen molar-refractivity contribution >= 4 is 28.9 Å². The van der Waals surface area contributed by atoms with Crippen LogP contribution >= 0.6 is 0 Å². The highest BCUT2D eigenvalue weighted by atomic mass is 16.5. The van der Waals surface area contributed by atoms with Crippen LogP contribution < -0.4 is 20.9 Å². The molecule has 0 aliphatic carbocycles. The lowest BCUT2D eigenvalue weighted by molar-refractivity contribution is -0.116. The van der Waals surface area contributed by atoms with Crippen molar-refractivity contribution in [2.24, 2.45) is 0 Å². The maximum Gasteiger partial charge on any atom is 0.253 e.